The fourth-order valence-corrected chi connectivity index (χ4v) is 8.58. The van der Waals surface area contributed by atoms with Gasteiger partial charge in [-0.25, -0.2) is 0 Å². The Kier molecular flexibility index (Phi) is 11.9. The molecular weight excluding hydrogens is 394 g/mol. The van der Waals surface area contributed by atoms with Crippen LogP contribution in [-0.2, 0) is 17.1 Å². The largest absolute Gasteiger partial charge is 0.459 e. The van der Waals surface area contributed by atoms with Gasteiger partial charge in [-0.15, -0.1) is 0 Å². The van der Waals surface area contributed by atoms with Crippen LogP contribution in [0.25, 0.3) is 0 Å². The van der Waals surface area contributed by atoms with E-state index in [0.29, 0.717) is 0 Å². The maximum absolute atomic E-state index is 9.70. The molecule has 10 radical (unpaired) electrons. The molecule has 4 aliphatic carbocycles. The molecule has 0 spiro atoms. The first kappa shape index (κ1) is 24.2. The predicted molar refractivity (Wildman–Crippen MR) is 112 cm³/mol. The molecule has 0 heterocycles. The Hall–Kier alpha value is 0.934. The molecule has 148 valence electrons. The molecule has 4 rings (SSSR count). The minimum atomic E-state index is -1.30. The zero-order valence-electron chi connectivity index (χ0n) is 16.1. The SMILES string of the molecule is OB(O)[C]1[CH][CH][CH][C]1P(C1CCCCC1)C1CCCCC1.[CH]1[CH][CH][CH][CH]1.[Fe]. The minimum Gasteiger partial charge on any atom is -0.427 e. The van der Waals surface area contributed by atoms with Gasteiger partial charge < -0.3 is 10.0 Å². The first-order valence-corrected chi connectivity index (χ1v) is 11.8. The third kappa shape index (κ3) is 7.29. The molecule has 4 fully saturated rings. The summed E-state index contributed by atoms with van der Waals surface area (Å²) in [6, 6.07) is 0. The van der Waals surface area contributed by atoms with E-state index in [1.54, 1.807) is 0 Å². The van der Waals surface area contributed by atoms with Crippen molar-refractivity contribution in [1.29, 1.82) is 0 Å². The van der Waals surface area contributed by atoms with Crippen LogP contribution in [0.4, 0.5) is 0 Å². The van der Waals surface area contributed by atoms with Crippen LogP contribution in [0.15, 0.2) is 0 Å². The fourth-order valence-electron chi connectivity index (χ4n) is 4.61. The van der Waals surface area contributed by atoms with Gasteiger partial charge in [-0.1, -0.05) is 46.4 Å². The maximum atomic E-state index is 9.70. The van der Waals surface area contributed by atoms with Gasteiger partial charge in [0.1, 0.15) is 0 Å². The van der Waals surface area contributed by atoms with Crippen LogP contribution >= 0.6 is 7.92 Å². The van der Waals surface area contributed by atoms with Gasteiger partial charge in [0.05, 0.1) is 0 Å². The van der Waals surface area contributed by atoms with Gasteiger partial charge in [-0.3, -0.25) is 0 Å². The van der Waals surface area contributed by atoms with Gasteiger partial charge in [0.25, 0.3) is 0 Å². The molecule has 5 heteroatoms. The van der Waals surface area contributed by atoms with E-state index in [4.69, 9.17) is 0 Å². The molecule has 0 saturated heterocycles. The maximum Gasteiger partial charge on any atom is 0.459 e. The molecule has 0 aromatic heterocycles. The van der Waals surface area contributed by atoms with E-state index < -0.39 is 7.12 Å². The van der Waals surface area contributed by atoms with Crippen LogP contribution < -0.4 is 0 Å². The summed E-state index contributed by atoms with van der Waals surface area (Å²) in [5, 5.41) is 19.4. The number of rotatable bonds is 4. The summed E-state index contributed by atoms with van der Waals surface area (Å²) in [5.74, 6) is 0.789. The van der Waals surface area contributed by atoms with Crippen LogP contribution in [-0.4, -0.2) is 28.5 Å². The Balaban J connectivity index is 0.000000379. The Morgan fingerprint density at radius 3 is 1.52 bits per heavy atom. The summed E-state index contributed by atoms with van der Waals surface area (Å²) in [6.07, 6.45) is 29.8. The molecule has 0 atom stereocenters. The standard InChI is InChI=1S/C17H27BO2P.C5H5.Fe/c19-18(20)16-12-7-13-17(16)21(14-8-3-1-4-9-14)15-10-5-2-6-11-15;1-2-4-5-3-1;/h7,12-15,19-20H,1-6,8-11H2;1-5H;. The summed E-state index contributed by atoms with van der Waals surface area (Å²) in [7, 11) is -1.53. The fraction of sp³-hybridized carbons (Fsp3) is 0.545. The van der Waals surface area contributed by atoms with Crippen LogP contribution in [0.3, 0.4) is 0 Å². The average molecular weight is 426 g/mol. The quantitative estimate of drug-likeness (QED) is 0.496. The molecule has 0 unspecified atom stereocenters. The Bertz CT molecular complexity index is 357. The van der Waals surface area contributed by atoms with Crippen molar-refractivity contribution in [3.8, 4) is 0 Å². The summed E-state index contributed by atoms with van der Waals surface area (Å²) in [5.41, 5.74) is 2.94. The van der Waals surface area contributed by atoms with Crippen molar-refractivity contribution < 1.29 is 27.1 Å². The van der Waals surface area contributed by atoms with Crippen molar-refractivity contribution in [2.75, 3.05) is 0 Å². The molecule has 0 bridgehead atoms. The predicted octanol–water partition coefficient (Wildman–Crippen LogP) is 4.90. The minimum absolute atomic E-state index is 0. The second kappa shape index (κ2) is 13.3. The average Bonchev–Trinajstić information content (AvgIpc) is 3.39. The molecule has 0 aromatic rings. The van der Waals surface area contributed by atoms with E-state index in [-0.39, 0.29) is 25.0 Å². The molecule has 2 nitrogen and oxygen atoms in total. The third-order valence-electron chi connectivity index (χ3n) is 5.87. The van der Waals surface area contributed by atoms with E-state index in [0.717, 1.165) is 17.1 Å². The second-order valence-electron chi connectivity index (χ2n) is 7.69. The molecule has 2 N–H and O–H groups in total. The van der Waals surface area contributed by atoms with Crippen molar-refractivity contribution in [2.24, 2.45) is 0 Å². The monoisotopic (exact) mass is 426 g/mol. The first-order valence-electron chi connectivity index (χ1n) is 10.3. The first-order chi connectivity index (χ1) is 12.8. The smallest absolute Gasteiger partial charge is 0.427 e. The molecular formula is C22H32BFeO2P. The summed E-state index contributed by atoms with van der Waals surface area (Å²) in [4.78, 5) is 0. The van der Waals surface area contributed by atoms with Gasteiger partial charge in [0.2, 0.25) is 0 Å². The Labute approximate surface area is 180 Å². The van der Waals surface area contributed by atoms with Crippen LogP contribution in [0.1, 0.15) is 64.2 Å². The molecule has 27 heavy (non-hydrogen) atoms. The number of hydrogen-bond donors (Lipinski definition) is 2. The summed E-state index contributed by atoms with van der Waals surface area (Å²) < 4.78 is 0. The van der Waals surface area contributed by atoms with Crippen molar-refractivity contribution in [1.82, 2.24) is 0 Å². The summed E-state index contributed by atoms with van der Waals surface area (Å²) in [6.45, 7) is 0. The molecule has 0 amide bonds. The van der Waals surface area contributed by atoms with E-state index in [1.165, 1.54) is 69.9 Å². The third-order valence-corrected chi connectivity index (χ3v) is 9.44. The molecule has 0 aliphatic heterocycles. The van der Waals surface area contributed by atoms with Gasteiger partial charge in [0.15, 0.2) is 0 Å². The molecule has 0 aromatic carbocycles. The normalized spacial score (nSPS) is 25.9. The molecule has 4 saturated carbocycles. The van der Waals surface area contributed by atoms with Gasteiger partial charge in [-0.05, 0) is 88.4 Å². The van der Waals surface area contributed by atoms with Crippen LogP contribution in [0.2, 0.25) is 0 Å². The Morgan fingerprint density at radius 2 is 1.11 bits per heavy atom. The topological polar surface area (TPSA) is 40.5 Å². The van der Waals surface area contributed by atoms with E-state index in [1.807, 2.05) is 44.9 Å². The van der Waals surface area contributed by atoms with Gasteiger partial charge >= 0.3 is 7.12 Å². The van der Waals surface area contributed by atoms with Gasteiger partial charge in [0, 0.05) is 28.5 Å². The van der Waals surface area contributed by atoms with Crippen molar-refractivity contribution in [3.63, 3.8) is 0 Å². The zero-order valence-corrected chi connectivity index (χ0v) is 18.1. The van der Waals surface area contributed by atoms with Crippen LogP contribution in [0, 0.1) is 62.8 Å². The van der Waals surface area contributed by atoms with E-state index in [9.17, 15) is 10.0 Å². The second-order valence-corrected chi connectivity index (χ2v) is 10.5. The van der Waals surface area contributed by atoms with Crippen molar-refractivity contribution >= 4 is 15.0 Å². The Morgan fingerprint density at radius 1 is 0.667 bits per heavy atom. The van der Waals surface area contributed by atoms with Crippen LogP contribution in [0.5, 0.6) is 0 Å². The zero-order chi connectivity index (χ0) is 18.2. The van der Waals surface area contributed by atoms with Crippen molar-refractivity contribution in [2.45, 2.75) is 75.5 Å². The number of hydrogen-bond acceptors (Lipinski definition) is 2. The molecule has 4 aliphatic rings. The van der Waals surface area contributed by atoms with Gasteiger partial charge in [-0.2, -0.15) is 0 Å². The summed E-state index contributed by atoms with van der Waals surface area (Å²) >= 11 is 0. The van der Waals surface area contributed by atoms with Crippen molar-refractivity contribution in [3.05, 3.63) is 62.8 Å². The van der Waals surface area contributed by atoms with E-state index >= 15 is 0 Å². The van der Waals surface area contributed by atoms with E-state index in [2.05, 4.69) is 6.42 Å².